The molecule has 1 saturated heterocycles. The Balaban J connectivity index is 1.78. The molecule has 2 rings (SSSR count). The molecule has 1 N–H and O–H groups in total. The Labute approximate surface area is 136 Å². The van der Waals surface area contributed by atoms with E-state index in [1.165, 1.54) is 32.1 Å². The summed E-state index contributed by atoms with van der Waals surface area (Å²) in [5.41, 5.74) is -0.237. The van der Waals surface area contributed by atoms with Crippen molar-refractivity contribution in [1.82, 2.24) is 10.2 Å². The van der Waals surface area contributed by atoms with Crippen LogP contribution in [-0.4, -0.2) is 42.8 Å². The fourth-order valence-corrected chi connectivity index (χ4v) is 3.73. The lowest BCUT2D eigenvalue weighted by Gasteiger charge is -2.41. The Bertz CT molecular complexity index is 372. The maximum atomic E-state index is 12.3. The van der Waals surface area contributed by atoms with Crippen molar-refractivity contribution in [2.45, 2.75) is 71.8 Å². The van der Waals surface area contributed by atoms with E-state index in [0.29, 0.717) is 0 Å². The summed E-state index contributed by atoms with van der Waals surface area (Å²) in [5.74, 6) is 0.870. The molecule has 0 aromatic carbocycles. The van der Waals surface area contributed by atoms with Crippen LogP contribution in [0.25, 0.3) is 0 Å². The van der Waals surface area contributed by atoms with E-state index < -0.39 is 5.60 Å². The van der Waals surface area contributed by atoms with Gasteiger partial charge < -0.3 is 15.0 Å². The van der Waals surface area contributed by atoms with Crippen LogP contribution in [0.2, 0.25) is 0 Å². The molecule has 22 heavy (non-hydrogen) atoms. The van der Waals surface area contributed by atoms with Gasteiger partial charge in [-0.2, -0.15) is 0 Å². The summed E-state index contributed by atoms with van der Waals surface area (Å²) in [7, 11) is 0. The van der Waals surface area contributed by atoms with Crippen molar-refractivity contribution in [1.29, 1.82) is 0 Å². The third kappa shape index (κ3) is 5.45. The minimum atomic E-state index is -0.411. The number of hydrogen-bond donors (Lipinski definition) is 1. The van der Waals surface area contributed by atoms with Crippen LogP contribution in [0.3, 0.4) is 0 Å². The molecule has 1 aliphatic heterocycles. The van der Waals surface area contributed by atoms with E-state index in [4.69, 9.17) is 4.74 Å². The van der Waals surface area contributed by atoms with Crippen molar-refractivity contribution in [2.24, 2.45) is 11.3 Å². The van der Waals surface area contributed by atoms with Crippen LogP contribution in [0.15, 0.2) is 0 Å². The molecule has 0 radical (unpaired) electrons. The number of nitrogens with zero attached hydrogens (tertiary/aromatic N) is 1. The van der Waals surface area contributed by atoms with Crippen LogP contribution in [0.1, 0.15) is 66.2 Å². The van der Waals surface area contributed by atoms with Gasteiger partial charge in [0.05, 0.1) is 0 Å². The fourth-order valence-electron chi connectivity index (χ4n) is 3.73. The fraction of sp³-hybridized carbons (Fsp3) is 0.944. The average Bonchev–Trinajstić information content (AvgIpc) is 2.90. The Morgan fingerprint density at radius 2 is 1.95 bits per heavy atom. The van der Waals surface area contributed by atoms with Gasteiger partial charge in [0.25, 0.3) is 0 Å². The maximum absolute atomic E-state index is 12.3. The van der Waals surface area contributed by atoms with Gasteiger partial charge in [0, 0.05) is 19.6 Å². The number of nitrogens with one attached hydrogen (secondary N) is 1. The lowest BCUT2D eigenvalue weighted by molar-refractivity contribution is 0.00671. The van der Waals surface area contributed by atoms with Gasteiger partial charge in [-0.3, -0.25) is 0 Å². The van der Waals surface area contributed by atoms with Crippen LogP contribution >= 0.6 is 0 Å². The monoisotopic (exact) mass is 310 g/mol. The lowest BCUT2D eigenvalue weighted by Crippen LogP contribution is -2.50. The highest BCUT2D eigenvalue weighted by molar-refractivity contribution is 5.68. The third-order valence-corrected chi connectivity index (χ3v) is 4.89. The standard InChI is InChI=1S/C18H34N2O2/c1-17(2,3)22-16(21)20-11-7-10-18(4,14-20)13-19-12-15-8-5-6-9-15/h15,19H,5-14H2,1-4H3. The number of amides is 1. The van der Waals surface area contributed by atoms with Crippen molar-refractivity contribution in [3.63, 3.8) is 0 Å². The van der Waals surface area contributed by atoms with E-state index in [1.807, 2.05) is 25.7 Å². The average molecular weight is 310 g/mol. The number of hydrogen-bond acceptors (Lipinski definition) is 3. The predicted molar refractivity (Wildman–Crippen MR) is 90.0 cm³/mol. The zero-order valence-corrected chi connectivity index (χ0v) is 14.9. The van der Waals surface area contributed by atoms with Gasteiger partial charge in [-0.15, -0.1) is 0 Å². The minimum absolute atomic E-state index is 0.158. The predicted octanol–water partition coefficient (Wildman–Crippen LogP) is 3.80. The first-order valence-corrected chi connectivity index (χ1v) is 8.96. The molecule has 1 amide bonds. The van der Waals surface area contributed by atoms with E-state index in [-0.39, 0.29) is 11.5 Å². The normalized spacial score (nSPS) is 27.2. The molecule has 0 aromatic heterocycles. The molecule has 4 nitrogen and oxygen atoms in total. The van der Waals surface area contributed by atoms with Crippen LogP contribution in [0.4, 0.5) is 4.79 Å². The van der Waals surface area contributed by atoms with E-state index in [1.54, 1.807) is 0 Å². The topological polar surface area (TPSA) is 41.6 Å². The second kappa shape index (κ2) is 7.20. The Hall–Kier alpha value is -0.770. The Morgan fingerprint density at radius 3 is 2.59 bits per heavy atom. The summed E-state index contributed by atoms with van der Waals surface area (Å²) in [4.78, 5) is 14.2. The molecule has 1 unspecified atom stereocenters. The number of ether oxygens (including phenoxy) is 1. The number of piperidine rings is 1. The minimum Gasteiger partial charge on any atom is -0.444 e. The van der Waals surface area contributed by atoms with Crippen LogP contribution in [-0.2, 0) is 4.74 Å². The first-order chi connectivity index (χ1) is 10.3. The van der Waals surface area contributed by atoms with Crippen molar-refractivity contribution < 1.29 is 9.53 Å². The summed E-state index contributed by atoms with van der Waals surface area (Å²) >= 11 is 0. The molecule has 0 bridgehead atoms. The lowest BCUT2D eigenvalue weighted by atomic mass is 9.82. The van der Waals surface area contributed by atoms with Crippen LogP contribution < -0.4 is 5.32 Å². The van der Waals surface area contributed by atoms with Crippen molar-refractivity contribution in [2.75, 3.05) is 26.2 Å². The van der Waals surface area contributed by atoms with E-state index >= 15 is 0 Å². The summed E-state index contributed by atoms with van der Waals surface area (Å²) < 4.78 is 5.52. The van der Waals surface area contributed by atoms with Gasteiger partial charge in [0.2, 0.25) is 0 Å². The molecular formula is C18H34N2O2. The van der Waals surface area contributed by atoms with E-state index in [0.717, 1.165) is 38.5 Å². The molecule has 1 saturated carbocycles. The third-order valence-electron chi connectivity index (χ3n) is 4.89. The van der Waals surface area contributed by atoms with Gasteiger partial charge in [-0.1, -0.05) is 19.8 Å². The summed E-state index contributed by atoms with van der Waals surface area (Å²) in [6.45, 7) is 11.9. The quantitative estimate of drug-likeness (QED) is 0.858. The molecular weight excluding hydrogens is 276 g/mol. The molecule has 0 spiro atoms. The largest absolute Gasteiger partial charge is 0.444 e. The van der Waals surface area contributed by atoms with Crippen molar-refractivity contribution in [3.8, 4) is 0 Å². The van der Waals surface area contributed by atoms with Crippen LogP contribution in [0, 0.1) is 11.3 Å². The Morgan fingerprint density at radius 1 is 1.27 bits per heavy atom. The number of rotatable bonds is 4. The van der Waals surface area contributed by atoms with Gasteiger partial charge in [-0.05, 0) is 64.3 Å². The maximum Gasteiger partial charge on any atom is 0.410 e. The summed E-state index contributed by atoms with van der Waals surface area (Å²) in [6.07, 6.45) is 7.66. The SMILES string of the molecule is CC1(CNCC2CCCC2)CCCN(C(=O)OC(C)(C)C)C1. The second-order valence-electron chi connectivity index (χ2n) is 8.60. The number of carbonyl (C=O) groups is 1. The van der Waals surface area contributed by atoms with E-state index in [2.05, 4.69) is 12.2 Å². The molecule has 128 valence electrons. The zero-order valence-electron chi connectivity index (χ0n) is 14.9. The first-order valence-electron chi connectivity index (χ1n) is 8.96. The highest BCUT2D eigenvalue weighted by Gasteiger charge is 2.34. The number of carbonyl (C=O) groups excluding carboxylic acids is 1. The van der Waals surface area contributed by atoms with Gasteiger partial charge >= 0.3 is 6.09 Å². The molecule has 2 aliphatic rings. The smallest absolute Gasteiger partial charge is 0.410 e. The van der Waals surface area contributed by atoms with Gasteiger partial charge in [-0.25, -0.2) is 4.79 Å². The van der Waals surface area contributed by atoms with Crippen molar-refractivity contribution in [3.05, 3.63) is 0 Å². The second-order valence-corrected chi connectivity index (χ2v) is 8.60. The molecule has 4 heteroatoms. The van der Waals surface area contributed by atoms with Crippen LogP contribution in [0.5, 0.6) is 0 Å². The Kier molecular flexibility index (Phi) is 5.76. The molecule has 2 fully saturated rings. The van der Waals surface area contributed by atoms with Gasteiger partial charge in [0.15, 0.2) is 0 Å². The molecule has 1 aliphatic carbocycles. The van der Waals surface area contributed by atoms with Crippen molar-refractivity contribution >= 4 is 6.09 Å². The molecule has 0 aromatic rings. The summed E-state index contributed by atoms with van der Waals surface area (Å²) in [6, 6.07) is 0. The summed E-state index contributed by atoms with van der Waals surface area (Å²) in [5, 5.41) is 3.67. The molecule has 1 heterocycles. The number of likely N-dealkylation sites (tertiary alicyclic amines) is 1. The first kappa shape index (κ1) is 17.6. The highest BCUT2D eigenvalue weighted by atomic mass is 16.6. The van der Waals surface area contributed by atoms with E-state index in [9.17, 15) is 4.79 Å². The molecule has 1 atom stereocenters. The van der Waals surface area contributed by atoms with Gasteiger partial charge in [0.1, 0.15) is 5.60 Å². The zero-order chi connectivity index (χ0) is 16.2. The highest BCUT2D eigenvalue weighted by Crippen LogP contribution is 2.30.